The number of ketones is 1. The Hall–Kier alpha value is -2.40. The number of ether oxygens (including phenoxy) is 2. The summed E-state index contributed by atoms with van der Waals surface area (Å²) in [5, 5.41) is 1.05. The van der Waals surface area contributed by atoms with Crippen LogP contribution < -0.4 is 9.47 Å². The summed E-state index contributed by atoms with van der Waals surface area (Å²) < 4.78 is 16.5. The maximum atomic E-state index is 12.3. The average molecular weight is 438 g/mol. The first kappa shape index (κ1) is 20.3. The molecule has 0 aliphatic carbocycles. The highest BCUT2D eigenvalue weighted by molar-refractivity contribution is 6.40. The van der Waals surface area contributed by atoms with Gasteiger partial charge in [-0.05, 0) is 48.6 Å². The second-order valence-corrected chi connectivity index (χ2v) is 6.94. The van der Waals surface area contributed by atoms with Gasteiger partial charge in [-0.1, -0.05) is 46.9 Å². The van der Waals surface area contributed by atoms with E-state index < -0.39 is 0 Å². The van der Waals surface area contributed by atoms with Crippen molar-refractivity contribution >= 4 is 46.7 Å². The first-order chi connectivity index (χ1) is 13.5. The highest BCUT2D eigenvalue weighted by Gasteiger charge is 2.11. The first-order valence-electron chi connectivity index (χ1n) is 8.19. The van der Waals surface area contributed by atoms with E-state index in [0.29, 0.717) is 43.7 Å². The fourth-order valence-electron chi connectivity index (χ4n) is 2.47. The number of halogens is 3. The molecule has 144 valence electrons. The van der Waals surface area contributed by atoms with Crippen LogP contribution in [0.15, 0.2) is 59.0 Å². The van der Waals surface area contributed by atoms with Crippen molar-refractivity contribution in [3.63, 3.8) is 0 Å². The third kappa shape index (κ3) is 4.90. The van der Waals surface area contributed by atoms with E-state index >= 15 is 0 Å². The zero-order valence-corrected chi connectivity index (χ0v) is 17.0. The molecule has 0 saturated carbocycles. The van der Waals surface area contributed by atoms with Gasteiger partial charge in [-0.15, -0.1) is 0 Å². The smallest absolute Gasteiger partial charge is 0.189 e. The molecule has 0 spiro atoms. The van der Waals surface area contributed by atoms with Gasteiger partial charge in [0.15, 0.2) is 11.5 Å². The summed E-state index contributed by atoms with van der Waals surface area (Å²) in [5.74, 6) is 1.71. The number of furan rings is 1. The van der Waals surface area contributed by atoms with Gasteiger partial charge in [0.2, 0.25) is 0 Å². The fourth-order valence-corrected chi connectivity index (χ4v) is 3.39. The van der Waals surface area contributed by atoms with E-state index in [1.54, 1.807) is 54.6 Å². The predicted molar refractivity (Wildman–Crippen MR) is 111 cm³/mol. The zero-order chi connectivity index (χ0) is 20.1. The number of rotatable bonds is 7. The Balaban J connectivity index is 1.66. The molecule has 3 rings (SSSR count). The Morgan fingerprint density at radius 2 is 1.79 bits per heavy atom. The monoisotopic (exact) mass is 436 g/mol. The second-order valence-electron chi connectivity index (χ2n) is 5.69. The number of allylic oxidation sites excluding steroid dienone is 1. The lowest BCUT2D eigenvalue weighted by Gasteiger charge is -2.08. The normalized spacial score (nSPS) is 11.0. The van der Waals surface area contributed by atoms with Crippen LogP contribution in [-0.2, 0) is 6.61 Å². The molecular weight excluding hydrogens is 423 g/mol. The summed E-state index contributed by atoms with van der Waals surface area (Å²) in [5.41, 5.74) is 0.475. The summed E-state index contributed by atoms with van der Waals surface area (Å²) in [6, 6.07) is 13.6. The minimum atomic E-state index is -0.189. The Labute approximate surface area is 177 Å². The summed E-state index contributed by atoms with van der Waals surface area (Å²) in [6.07, 6.45) is 3.01. The molecule has 2 aromatic carbocycles. The lowest BCUT2D eigenvalue weighted by atomic mass is 10.1. The summed E-state index contributed by atoms with van der Waals surface area (Å²) in [4.78, 5) is 12.3. The van der Waals surface area contributed by atoms with Crippen LogP contribution in [0.5, 0.6) is 11.5 Å². The van der Waals surface area contributed by atoms with Crippen LogP contribution in [0.1, 0.15) is 21.9 Å². The Morgan fingerprint density at radius 3 is 2.50 bits per heavy atom. The van der Waals surface area contributed by atoms with Gasteiger partial charge in [0.05, 0.1) is 22.7 Å². The van der Waals surface area contributed by atoms with Gasteiger partial charge < -0.3 is 13.9 Å². The fraction of sp³-hybridized carbons (Fsp3) is 0.0952. The number of hydrogen-bond donors (Lipinski definition) is 0. The third-order valence-electron chi connectivity index (χ3n) is 3.78. The van der Waals surface area contributed by atoms with Crippen LogP contribution in [0.4, 0.5) is 0 Å². The van der Waals surface area contributed by atoms with Crippen molar-refractivity contribution in [2.75, 3.05) is 7.11 Å². The first-order valence-corrected chi connectivity index (χ1v) is 9.33. The van der Waals surface area contributed by atoms with Crippen molar-refractivity contribution in [1.82, 2.24) is 0 Å². The predicted octanol–water partition coefficient (Wildman–Crippen LogP) is 6.72. The van der Waals surface area contributed by atoms with Crippen molar-refractivity contribution in [3.8, 4) is 11.5 Å². The number of hydrogen-bond acceptors (Lipinski definition) is 4. The summed E-state index contributed by atoms with van der Waals surface area (Å²) >= 11 is 18.1. The third-order valence-corrected chi connectivity index (χ3v) is 4.56. The van der Waals surface area contributed by atoms with Gasteiger partial charge in [0, 0.05) is 5.02 Å². The highest BCUT2D eigenvalue weighted by atomic mass is 35.5. The Bertz CT molecular complexity index is 1000. The zero-order valence-electron chi connectivity index (χ0n) is 14.7. The van der Waals surface area contributed by atoms with Crippen molar-refractivity contribution in [2.45, 2.75) is 6.61 Å². The van der Waals surface area contributed by atoms with E-state index in [1.807, 2.05) is 0 Å². The van der Waals surface area contributed by atoms with Crippen LogP contribution >= 0.6 is 34.8 Å². The molecule has 0 atom stereocenters. The van der Waals surface area contributed by atoms with Crippen LogP contribution in [0.3, 0.4) is 0 Å². The van der Waals surface area contributed by atoms with Crippen molar-refractivity contribution < 1.29 is 18.7 Å². The maximum Gasteiger partial charge on any atom is 0.189 e. The van der Waals surface area contributed by atoms with Crippen LogP contribution in [0.25, 0.3) is 6.08 Å². The van der Waals surface area contributed by atoms with E-state index in [4.69, 9.17) is 48.7 Å². The molecule has 0 amide bonds. The molecule has 0 N–H and O–H groups in total. The minimum Gasteiger partial charge on any atom is -0.496 e. The van der Waals surface area contributed by atoms with E-state index in [-0.39, 0.29) is 12.4 Å². The molecule has 0 radical (unpaired) electrons. The lowest BCUT2D eigenvalue weighted by Crippen LogP contribution is -1.98. The standard InChI is InChI=1S/C21H15Cl3O4/c1-26-20-5-3-2-4-16(20)19(25)9-8-14-6-7-15(28-14)12-27-21-17(23)10-13(22)11-18(21)24/h2-11H,12H2,1H3/b9-8+. The molecule has 7 heteroatoms. The van der Waals surface area contributed by atoms with E-state index in [0.717, 1.165) is 0 Å². The number of carbonyl (C=O) groups is 1. The molecule has 4 nitrogen and oxygen atoms in total. The van der Waals surface area contributed by atoms with Gasteiger partial charge >= 0.3 is 0 Å². The van der Waals surface area contributed by atoms with Gasteiger partial charge in [-0.3, -0.25) is 4.79 Å². The topological polar surface area (TPSA) is 48.7 Å². The highest BCUT2D eigenvalue weighted by Crippen LogP contribution is 2.36. The SMILES string of the molecule is COc1ccccc1C(=O)/C=C/c1ccc(COc2c(Cl)cc(Cl)cc2Cl)o1. The van der Waals surface area contributed by atoms with Gasteiger partial charge in [0.25, 0.3) is 0 Å². The largest absolute Gasteiger partial charge is 0.496 e. The molecule has 0 saturated heterocycles. The molecular formula is C21H15Cl3O4. The van der Waals surface area contributed by atoms with E-state index in [9.17, 15) is 4.79 Å². The quantitative estimate of drug-likeness (QED) is 0.304. The molecule has 28 heavy (non-hydrogen) atoms. The number of para-hydroxylation sites is 1. The van der Waals surface area contributed by atoms with Gasteiger partial charge in [0.1, 0.15) is 23.9 Å². The molecule has 3 aromatic rings. The Kier molecular flexibility index (Phi) is 6.68. The lowest BCUT2D eigenvalue weighted by molar-refractivity contribution is 0.104. The number of carbonyl (C=O) groups excluding carboxylic acids is 1. The van der Waals surface area contributed by atoms with Crippen LogP contribution in [0, 0.1) is 0 Å². The van der Waals surface area contributed by atoms with Crippen LogP contribution in [0.2, 0.25) is 15.1 Å². The summed E-state index contributed by atoms with van der Waals surface area (Å²) in [7, 11) is 1.52. The molecule has 0 bridgehead atoms. The summed E-state index contributed by atoms with van der Waals surface area (Å²) in [6.45, 7) is 0.120. The maximum absolute atomic E-state index is 12.3. The van der Waals surface area contributed by atoms with Gasteiger partial charge in [-0.2, -0.15) is 0 Å². The molecule has 0 fully saturated rings. The molecule has 0 aliphatic heterocycles. The Morgan fingerprint density at radius 1 is 1.07 bits per heavy atom. The molecule has 0 aliphatic rings. The number of methoxy groups -OCH3 is 1. The van der Waals surface area contributed by atoms with Crippen molar-refractivity contribution in [3.05, 3.63) is 86.8 Å². The van der Waals surface area contributed by atoms with E-state index in [1.165, 1.54) is 13.2 Å². The van der Waals surface area contributed by atoms with Gasteiger partial charge in [-0.25, -0.2) is 0 Å². The van der Waals surface area contributed by atoms with Crippen LogP contribution in [-0.4, -0.2) is 12.9 Å². The molecule has 1 aromatic heterocycles. The van der Waals surface area contributed by atoms with Crippen molar-refractivity contribution in [2.24, 2.45) is 0 Å². The van der Waals surface area contributed by atoms with E-state index in [2.05, 4.69) is 0 Å². The average Bonchev–Trinajstić information content (AvgIpc) is 3.13. The second kappa shape index (κ2) is 9.20. The minimum absolute atomic E-state index is 0.120. The van der Waals surface area contributed by atoms with Crippen molar-refractivity contribution in [1.29, 1.82) is 0 Å². The molecule has 0 unspecified atom stereocenters. The molecule has 1 heterocycles. The number of benzene rings is 2.